The Morgan fingerprint density at radius 3 is 2.68 bits per heavy atom. The van der Waals surface area contributed by atoms with E-state index in [-0.39, 0.29) is 23.1 Å². The third-order valence-corrected chi connectivity index (χ3v) is 6.06. The number of fused-ring (bicyclic) bond motifs is 1. The molecule has 0 spiro atoms. The second-order valence-electron chi connectivity index (χ2n) is 6.20. The van der Waals surface area contributed by atoms with Gasteiger partial charge in [-0.05, 0) is 37.1 Å². The lowest BCUT2D eigenvalue weighted by Gasteiger charge is -2.25. The number of hydrogen-bond donors (Lipinski definition) is 1. The van der Waals surface area contributed by atoms with Crippen molar-refractivity contribution in [1.29, 1.82) is 0 Å². The molecule has 1 aromatic carbocycles. The van der Waals surface area contributed by atoms with E-state index in [0.29, 0.717) is 35.1 Å². The number of benzene rings is 1. The molecular formula is C19H18Cl2N2O4S. The molecule has 148 valence electrons. The Labute approximate surface area is 176 Å². The van der Waals surface area contributed by atoms with Crippen molar-refractivity contribution in [3.05, 3.63) is 49.8 Å². The lowest BCUT2D eigenvalue weighted by atomic mass is 10.0. The number of hydrogen-bond acceptors (Lipinski definition) is 5. The molecule has 9 heteroatoms. The van der Waals surface area contributed by atoms with Crippen LogP contribution in [0.4, 0.5) is 5.00 Å². The number of ether oxygens (including phenoxy) is 1. The van der Waals surface area contributed by atoms with Crippen molar-refractivity contribution >= 4 is 57.3 Å². The quantitative estimate of drug-likeness (QED) is 0.715. The Hall–Kier alpha value is -2.09. The standard InChI is InChI=1S/C19H18Cl2N2O4S/c1-3-27-19(26)16-13-6-7-23(10(2)24)9-15(13)28-18(16)22-17(25)12-5-4-11(20)8-14(12)21/h4-5,8H,3,6-7,9H2,1-2H3,(H,22,25). The third-order valence-electron chi connectivity index (χ3n) is 4.38. The third kappa shape index (κ3) is 4.16. The number of esters is 1. The Kier molecular flexibility index (Phi) is 6.27. The van der Waals surface area contributed by atoms with Gasteiger partial charge in [0.2, 0.25) is 5.91 Å². The highest BCUT2D eigenvalue weighted by molar-refractivity contribution is 7.17. The SMILES string of the molecule is CCOC(=O)c1c(NC(=O)c2ccc(Cl)cc2Cl)sc2c1CCN(C(C)=O)C2. The first-order chi connectivity index (χ1) is 13.3. The highest BCUT2D eigenvalue weighted by atomic mass is 35.5. The van der Waals surface area contributed by atoms with Gasteiger partial charge in [0.15, 0.2) is 0 Å². The summed E-state index contributed by atoms with van der Waals surface area (Å²) in [7, 11) is 0. The number of amides is 2. The van der Waals surface area contributed by atoms with Crippen LogP contribution in [0.2, 0.25) is 10.0 Å². The Bertz CT molecular complexity index is 958. The zero-order chi connectivity index (χ0) is 20.4. The van der Waals surface area contributed by atoms with Crippen molar-refractivity contribution in [1.82, 2.24) is 4.90 Å². The summed E-state index contributed by atoms with van der Waals surface area (Å²) in [5.74, 6) is -0.974. The molecule has 0 radical (unpaired) electrons. The molecule has 6 nitrogen and oxygen atoms in total. The van der Waals surface area contributed by atoms with Gasteiger partial charge in [-0.25, -0.2) is 4.79 Å². The molecule has 2 heterocycles. The molecule has 0 unspecified atom stereocenters. The molecule has 2 amide bonds. The summed E-state index contributed by atoms with van der Waals surface area (Å²) in [5.41, 5.74) is 1.42. The second-order valence-corrected chi connectivity index (χ2v) is 8.15. The molecule has 0 atom stereocenters. The van der Waals surface area contributed by atoms with E-state index in [4.69, 9.17) is 27.9 Å². The van der Waals surface area contributed by atoms with E-state index < -0.39 is 11.9 Å². The van der Waals surface area contributed by atoms with Crippen LogP contribution in [0.25, 0.3) is 0 Å². The van der Waals surface area contributed by atoms with Crippen molar-refractivity contribution in [3.63, 3.8) is 0 Å². The highest BCUT2D eigenvalue weighted by Crippen LogP contribution is 2.38. The van der Waals surface area contributed by atoms with Gasteiger partial charge < -0.3 is 15.0 Å². The minimum absolute atomic E-state index is 0.0322. The smallest absolute Gasteiger partial charge is 0.341 e. The van der Waals surface area contributed by atoms with Crippen LogP contribution in [-0.2, 0) is 22.5 Å². The maximum absolute atomic E-state index is 12.7. The highest BCUT2D eigenvalue weighted by Gasteiger charge is 2.30. The number of thiophene rings is 1. The average molecular weight is 441 g/mol. The summed E-state index contributed by atoms with van der Waals surface area (Å²) in [6.45, 7) is 4.37. The average Bonchev–Trinajstić information content (AvgIpc) is 2.98. The normalized spacial score (nSPS) is 13.1. The Balaban J connectivity index is 1.96. The van der Waals surface area contributed by atoms with E-state index in [2.05, 4.69) is 5.32 Å². The van der Waals surface area contributed by atoms with Gasteiger partial charge in [0.1, 0.15) is 5.00 Å². The van der Waals surface area contributed by atoms with Crippen molar-refractivity contribution in [2.24, 2.45) is 0 Å². The molecule has 0 aliphatic carbocycles. The van der Waals surface area contributed by atoms with Gasteiger partial charge in [-0.1, -0.05) is 23.2 Å². The number of nitrogens with zero attached hydrogens (tertiary/aromatic N) is 1. The number of carbonyl (C=O) groups is 3. The van der Waals surface area contributed by atoms with Crippen LogP contribution in [0, 0.1) is 0 Å². The molecule has 3 rings (SSSR count). The predicted molar refractivity (Wildman–Crippen MR) is 109 cm³/mol. The summed E-state index contributed by atoms with van der Waals surface area (Å²) in [6, 6.07) is 4.57. The first-order valence-electron chi connectivity index (χ1n) is 8.65. The first kappa shape index (κ1) is 20.6. The van der Waals surface area contributed by atoms with Crippen molar-refractivity contribution < 1.29 is 19.1 Å². The zero-order valence-corrected chi connectivity index (χ0v) is 17.6. The van der Waals surface area contributed by atoms with Crippen LogP contribution in [0.15, 0.2) is 18.2 Å². The van der Waals surface area contributed by atoms with Crippen LogP contribution in [0.1, 0.15) is 45.0 Å². The van der Waals surface area contributed by atoms with E-state index in [0.717, 1.165) is 10.4 Å². The number of carbonyl (C=O) groups excluding carboxylic acids is 3. The molecular weight excluding hydrogens is 423 g/mol. The molecule has 2 aromatic rings. The van der Waals surface area contributed by atoms with E-state index in [1.165, 1.54) is 30.4 Å². The monoisotopic (exact) mass is 440 g/mol. The van der Waals surface area contributed by atoms with Gasteiger partial charge in [0, 0.05) is 23.4 Å². The molecule has 1 N–H and O–H groups in total. The van der Waals surface area contributed by atoms with Crippen LogP contribution in [0.3, 0.4) is 0 Å². The fourth-order valence-corrected chi connectivity index (χ4v) is 4.76. The molecule has 0 saturated heterocycles. The minimum atomic E-state index is -0.492. The van der Waals surface area contributed by atoms with Gasteiger partial charge in [0.25, 0.3) is 5.91 Å². The molecule has 28 heavy (non-hydrogen) atoms. The Morgan fingerprint density at radius 1 is 1.29 bits per heavy atom. The summed E-state index contributed by atoms with van der Waals surface area (Å²) in [4.78, 5) is 39.5. The van der Waals surface area contributed by atoms with Gasteiger partial charge in [-0.3, -0.25) is 9.59 Å². The van der Waals surface area contributed by atoms with Crippen molar-refractivity contribution in [3.8, 4) is 0 Å². The molecule has 0 bridgehead atoms. The van der Waals surface area contributed by atoms with Crippen LogP contribution in [0.5, 0.6) is 0 Å². The summed E-state index contributed by atoms with van der Waals surface area (Å²) in [6.07, 6.45) is 0.525. The maximum atomic E-state index is 12.7. The molecule has 1 aliphatic rings. The van der Waals surface area contributed by atoms with E-state index in [1.807, 2.05) is 0 Å². The number of rotatable bonds is 4. The second kappa shape index (κ2) is 8.51. The molecule has 1 aromatic heterocycles. The summed E-state index contributed by atoms with van der Waals surface area (Å²) >= 11 is 13.3. The Morgan fingerprint density at radius 2 is 2.04 bits per heavy atom. The fraction of sp³-hybridized carbons (Fsp3) is 0.316. The largest absolute Gasteiger partial charge is 0.462 e. The topological polar surface area (TPSA) is 75.7 Å². The van der Waals surface area contributed by atoms with Crippen molar-refractivity contribution in [2.75, 3.05) is 18.5 Å². The molecule has 0 saturated carbocycles. The van der Waals surface area contributed by atoms with Crippen LogP contribution < -0.4 is 5.32 Å². The number of halogens is 2. The number of nitrogens with one attached hydrogen (secondary N) is 1. The van der Waals surface area contributed by atoms with Gasteiger partial charge >= 0.3 is 5.97 Å². The van der Waals surface area contributed by atoms with Crippen LogP contribution in [-0.4, -0.2) is 35.8 Å². The zero-order valence-electron chi connectivity index (χ0n) is 15.3. The van der Waals surface area contributed by atoms with Gasteiger partial charge in [-0.15, -0.1) is 11.3 Å². The molecule has 0 fully saturated rings. The molecule has 1 aliphatic heterocycles. The summed E-state index contributed by atoms with van der Waals surface area (Å²) < 4.78 is 5.19. The summed E-state index contributed by atoms with van der Waals surface area (Å²) in [5, 5.41) is 3.80. The first-order valence-corrected chi connectivity index (χ1v) is 10.2. The fourth-order valence-electron chi connectivity index (χ4n) is 3.02. The lowest BCUT2D eigenvalue weighted by molar-refractivity contribution is -0.129. The van der Waals surface area contributed by atoms with E-state index in [9.17, 15) is 14.4 Å². The maximum Gasteiger partial charge on any atom is 0.341 e. The van der Waals surface area contributed by atoms with Crippen molar-refractivity contribution in [2.45, 2.75) is 26.8 Å². The van der Waals surface area contributed by atoms with Gasteiger partial charge in [0.05, 0.1) is 29.3 Å². The number of anilines is 1. The predicted octanol–water partition coefficient (Wildman–Crippen LogP) is 4.39. The van der Waals surface area contributed by atoms with Gasteiger partial charge in [-0.2, -0.15) is 0 Å². The van der Waals surface area contributed by atoms with E-state index in [1.54, 1.807) is 17.9 Å². The van der Waals surface area contributed by atoms with E-state index >= 15 is 0 Å². The lowest BCUT2D eigenvalue weighted by Crippen LogP contribution is -2.34. The van der Waals surface area contributed by atoms with Crippen LogP contribution >= 0.6 is 34.5 Å². The minimum Gasteiger partial charge on any atom is -0.462 e.